The van der Waals surface area contributed by atoms with Crippen molar-refractivity contribution in [2.24, 2.45) is 11.7 Å². The minimum Gasteiger partial charge on any atom is -0.481 e. The summed E-state index contributed by atoms with van der Waals surface area (Å²) in [5.74, 6) is -0.558. The quantitative estimate of drug-likeness (QED) is 0.437. The Morgan fingerprint density at radius 3 is 1.71 bits per heavy atom. The summed E-state index contributed by atoms with van der Waals surface area (Å²) in [6.45, 7) is 6.06. The van der Waals surface area contributed by atoms with Gasteiger partial charge in [0.15, 0.2) is 0 Å². The minimum atomic E-state index is -0.772. The number of aliphatic carboxylic acids is 1. The van der Waals surface area contributed by atoms with E-state index in [1.807, 2.05) is 60.7 Å². The van der Waals surface area contributed by atoms with Gasteiger partial charge in [-0.2, -0.15) is 0 Å². The van der Waals surface area contributed by atoms with E-state index in [9.17, 15) is 9.59 Å². The zero-order chi connectivity index (χ0) is 26.0. The number of amides is 2. The molecule has 35 heavy (non-hydrogen) atoms. The zero-order valence-corrected chi connectivity index (χ0v) is 20.6. The summed E-state index contributed by atoms with van der Waals surface area (Å²) >= 11 is 0. The second kappa shape index (κ2) is 13.0. The predicted molar refractivity (Wildman–Crippen MR) is 143 cm³/mol. The van der Waals surface area contributed by atoms with Gasteiger partial charge in [-0.1, -0.05) is 74.5 Å². The number of carboxylic acids is 1. The lowest BCUT2D eigenvalue weighted by Crippen LogP contribution is -2.32. The molecule has 4 rings (SSSR count). The molecule has 0 saturated heterocycles. The number of primary amides is 1. The first kappa shape index (κ1) is 27.2. The molecule has 0 radical (unpaired) electrons. The Morgan fingerprint density at radius 2 is 1.31 bits per heavy atom. The molecule has 1 heterocycles. The number of nitrogens with zero attached hydrogens (tertiary/aromatic N) is 1. The van der Waals surface area contributed by atoms with Crippen LogP contribution >= 0.6 is 0 Å². The molecule has 0 aromatic heterocycles. The van der Waals surface area contributed by atoms with Crippen LogP contribution in [0.2, 0.25) is 0 Å². The molecule has 5 heteroatoms. The number of nitrogens with two attached hydrogens (primary N) is 1. The van der Waals surface area contributed by atoms with Crippen molar-refractivity contribution in [3.05, 3.63) is 95.1 Å². The fraction of sp³-hybridized carbons (Fsp3) is 0.267. The van der Waals surface area contributed by atoms with Gasteiger partial charge in [0, 0.05) is 0 Å². The largest absolute Gasteiger partial charge is 0.481 e. The van der Waals surface area contributed by atoms with Crippen LogP contribution < -0.4 is 10.6 Å². The number of anilines is 2. The molecular weight excluding hydrogens is 436 g/mol. The molecule has 3 aromatic rings. The van der Waals surface area contributed by atoms with Crippen LogP contribution in [0.15, 0.2) is 72.8 Å². The molecule has 182 valence electrons. The lowest BCUT2D eigenvalue weighted by Gasteiger charge is -2.22. The monoisotopic (exact) mass is 470 g/mol. The number of urea groups is 1. The number of aryl methyl sites for hydroxylation is 2. The molecule has 0 bridgehead atoms. The van der Waals surface area contributed by atoms with Gasteiger partial charge in [-0.05, 0) is 66.5 Å². The third kappa shape index (κ3) is 7.22. The van der Waals surface area contributed by atoms with Crippen molar-refractivity contribution in [2.75, 3.05) is 4.90 Å². The highest BCUT2D eigenvalue weighted by Crippen LogP contribution is 2.35. The Labute approximate surface area is 208 Å². The standard InChI is InChI=1S/C15H14N2O.C13H18O2.C2H2/c16-15(18)17-13-7-3-1-5-11(13)9-10-12-6-2-4-8-14(12)17;1-9(2)8-11-4-6-12(7-5-11)10(3)13(14)15;1-2/h1-8H,9-10H2,(H2,16,18);4-7,9-10H,8H2,1-3H3,(H,14,15);1-2H. The van der Waals surface area contributed by atoms with Crippen LogP contribution in [0.25, 0.3) is 0 Å². The van der Waals surface area contributed by atoms with Gasteiger partial charge in [0.05, 0.1) is 17.3 Å². The van der Waals surface area contributed by atoms with Crippen molar-refractivity contribution < 1.29 is 14.7 Å². The van der Waals surface area contributed by atoms with E-state index >= 15 is 0 Å². The SMILES string of the molecule is C#C.CC(C)Cc1ccc(C(C)C(=O)O)cc1.NC(=O)N1c2ccccc2CCc2ccccc21. The smallest absolute Gasteiger partial charge is 0.323 e. The summed E-state index contributed by atoms with van der Waals surface area (Å²) in [6.07, 6.45) is 10.9. The number of rotatable bonds is 4. The Bertz CT molecular complexity index is 1100. The predicted octanol–water partition coefficient (Wildman–Crippen LogP) is 6.32. The van der Waals surface area contributed by atoms with Crippen molar-refractivity contribution in [1.29, 1.82) is 0 Å². The van der Waals surface area contributed by atoms with Gasteiger partial charge < -0.3 is 10.8 Å². The Kier molecular flexibility index (Phi) is 10.1. The first-order valence-corrected chi connectivity index (χ1v) is 11.7. The second-order valence-corrected chi connectivity index (χ2v) is 8.83. The molecule has 0 aliphatic carbocycles. The highest BCUT2D eigenvalue weighted by atomic mass is 16.4. The van der Waals surface area contributed by atoms with Crippen molar-refractivity contribution in [3.8, 4) is 12.8 Å². The van der Waals surface area contributed by atoms with E-state index in [1.54, 1.807) is 11.8 Å². The van der Waals surface area contributed by atoms with E-state index in [0.29, 0.717) is 5.92 Å². The number of carboxylic acid groups (broad SMARTS) is 1. The van der Waals surface area contributed by atoms with Gasteiger partial charge in [0.25, 0.3) is 0 Å². The van der Waals surface area contributed by atoms with Crippen LogP contribution in [-0.4, -0.2) is 17.1 Å². The van der Waals surface area contributed by atoms with Crippen LogP contribution in [0.1, 0.15) is 48.9 Å². The Balaban J connectivity index is 0.000000235. The van der Waals surface area contributed by atoms with Gasteiger partial charge in [0.1, 0.15) is 0 Å². The van der Waals surface area contributed by atoms with Crippen molar-refractivity contribution in [3.63, 3.8) is 0 Å². The van der Waals surface area contributed by atoms with Crippen LogP contribution in [0.3, 0.4) is 0 Å². The van der Waals surface area contributed by atoms with Gasteiger partial charge in [-0.25, -0.2) is 4.79 Å². The highest BCUT2D eigenvalue weighted by Gasteiger charge is 2.23. The summed E-state index contributed by atoms with van der Waals surface area (Å²) in [6, 6.07) is 23.3. The van der Waals surface area contributed by atoms with Crippen LogP contribution in [0, 0.1) is 18.8 Å². The van der Waals surface area contributed by atoms with E-state index in [2.05, 4.69) is 38.8 Å². The lowest BCUT2D eigenvalue weighted by molar-refractivity contribution is -0.138. The molecule has 3 aromatic carbocycles. The van der Waals surface area contributed by atoms with Crippen LogP contribution in [-0.2, 0) is 24.1 Å². The Morgan fingerprint density at radius 1 is 0.857 bits per heavy atom. The summed E-state index contributed by atoms with van der Waals surface area (Å²) in [5, 5.41) is 8.85. The first-order chi connectivity index (χ1) is 16.8. The molecule has 2 amide bonds. The highest BCUT2D eigenvalue weighted by molar-refractivity contribution is 6.00. The van der Waals surface area contributed by atoms with Crippen molar-refractivity contribution in [2.45, 2.75) is 46.0 Å². The average molecular weight is 471 g/mol. The van der Waals surface area contributed by atoms with E-state index in [-0.39, 0.29) is 0 Å². The normalized spacial score (nSPS) is 12.5. The minimum absolute atomic E-state index is 0.418. The van der Waals surface area contributed by atoms with E-state index in [0.717, 1.165) is 47.3 Å². The fourth-order valence-electron chi connectivity index (χ4n) is 4.07. The van der Waals surface area contributed by atoms with E-state index in [1.165, 1.54) is 5.56 Å². The van der Waals surface area contributed by atoms with Gasteiger partial charge in [0.2, 0.25) is 0 Å². The van der Waals surface area contributed by atoms with Gasteiger partial charge >= 0.3 is 12.0 Å². The van der Waals surface area contributed by atoms with Crippen LogP contribution in [0.5, 0.6) is 0 Å². The van der Waals surface area contributed by atoms with Crippen LogP contribution in [0.4, 0.5) is 16.2 Å². The molecule has 0 fully saturated rings. The van der Waals surface area contributed by atoms with Crippen molar-refractivity contribution in [1.82, 2.24) is 0 Å². The molecule has 1 unspecified atom stereocenters. The van der Waals surface area contributed by atoms with Crippen molar-refractivity contribution >= 4 is 23.4 Å². The first-order valence-electron chi connectivity index (χ1n) is 11.7. The lowest BCUT2D eigenvalue weighted by atomic mass is 9.97. The third-order valence-electron chi connectivity index (χ3n) is 5.84. The summed E-state index contributed by atoms with van der Waals surface area (Å²) in [7, 11) is 0. The molecule has 0 spiro atoms. The van der Waals surface area contributed by atoms with Gasteiger partial charge in [-0.15, -0.1) is 12.8 Å². The average Bonchev–Trinajstić information content (AvgIpc) is 3.02. The maximum Gasteiger partial charge on any atom is 0.323 e. The van der Waals surface area contributed by atoms with Gasteiger partial charge in [-0.3, -0.25) is 9.69 Å². The molecule has 1 atom stereocenters. The zero-order valence-electron chi connectivity index (χ0n) is 20.6. The molecule has 1 aliphatic heterocycles. The summed E-state index contributed by atoms with van der Waals surface area (Å²) in [5.41, 5.74) is 11.8. The number of carbonyl (C=O) groups excluding carboxylic acids is 1. The third-order valence-corrected chi connectivity index (χ3v) is 5.84. The second-order valence-electron chi connectivity index (χ2n) is 8.83. The number of benzene rings is 3. The molecule has 5 nitrogen and oxygen atoms in total. The fourth-order valence-corrected chi connectivity index (χ4v) is 4.07. The van der Waals surface area contributed by atoms with E-state index < -0.39 is 17.9 Å². The maximum atomic E-state index is 11.8. The number of para-hydroxylation sites is 2. The number of carbonyl (C=O) groups is 2. The number of hydrogen-bond acceptors (Lipinski definition) is 2. The molecule has 1 aliphatic rings. The number of hydrogen-bond donors (Lipinski definition) is 2. The summed E-state index contributed by atoms with van der Waals surface area (Å²) in [4.78, 5) is 24.2. The molecular formula is C30H34N2O3. The Hall–Kier alpha value is -4.04. The van der Waals surface area contributed by atoms with E-state index in [4.69, 9.17) is 10.8 Å². The molecule has 3 N–H and O–H groups in total. The maximum absolute atomic E-state index is 11.8. The number of fused-ring (bicyclic) bond motifs is 2. The summed E-state index contributed by atoms with van der Waals surface area (Å²) < 4.78 is 0. The number of terminal acetylenes is 1. The topological polar surface area (TPSA) is 83.6 Å². The molecule has 0 saturated carbocycles.